The second-order valence-corrected chi connectivity index (χ2v) is 7.49. The van der Waals surface area contributed by atoms with E-state index in [0.717, 1.165) is 20.9 Å². The third-order valence-electron chi connectivity index (χ3n) is 3.14. The van der Waals surface area contributed by atoms with Crippen molar-refractivity contribution in [1.29, 1.82) is 5.41 Å². The molecule has 1 unspecified atom stereocenters. The minimum atomic E-state index is -5.37. The average molecular weight is 411 g/mol. The molecule has 0 bridgehead atoms. The Morgan fingerprint density at radius 3 is 2.31 bits per heavy atom. The van der Waals surface area contributed by atoms with E-state index in [1.807, 2.05) is 5.32 Å². The van der Waals surface area contributed by atoms with Crippen LogP contribution in [0.15, 0.2) is 16.6 Å². The molecular formula is C12H15F6N3O4S. The van der Waals surface area contributed by atoms with Gasteiger partial charge in [-0.25, -0.2) is 12.8 Å². The van der Waals surface area contributed by atoms with Crippen LogP contribution >= 0.6 is 0 Å². The van der Waals surface area contributed by atoms with E-state index in [1.54, 1.807) is 0 Å². The molecule has 150 valence electrons. The molecule has 14 heteroatoms. The molecule has 0 aliphatic carbocycles. The number of alkyl halides is 6. The first-order valence-corrected chi connectivity index (χ1v) is 8.43. The lowest BCUT2D eigenvalue weighted by molar-refractivity contribution is -0.102. The number of ether oxygens (including phenoxy) is 1. The highest BCUT2D eigenvalue weighted by Crippen LogP contribution is 2.31. The molecule has 0 aromatic heterocycles. The zero-order valence-electron chi connectivity index (χ0n) is 13.6. The number of nitrogens with one attached hydrogen (secondary N) is 2. The summed E-state index contributed by atoms with van der Waals surface area (Å²) in [5.74, 6) is -2.95. The summed E-state index contributed by atoms with van der Waals surface area (Å²) in [6, 6.07) is 0. The van der Waals surface area contributed by atoms with Crippen molar-refractivity contribution in [2.24, 2.45) is 5.16 Å². The van der Waals surface area contributed by atoms with Crippen LogP contribution in [0.1, 0.15) is 13.8 Å². The van der Waals surface area contributed by atoms with Crippen molar-refractivity contribution in [1.82, 2.24) is 5.32 Å². The second-order valence-electron chi connectivity index (χ2n) is 5.55. The van der Waals surface area contributed by atoms with Gasteiger partial charge in [0.2, 0.25) is 14.9 Å². The summed E-state index contributed by atoms with van der Waals surface area (Å²) in [6.07, 6.45) is -7.68. The van der Waals surface area contributed by atoms with E-state index in [-0.39, 0.29) is 0 Å². The van der Waals surface area contributed by atoms with E-state index in [0.29, 0.717) is 0 Å². The molecule has 1 atom stereocenters. The van der Waals surface area contributed by atoms with Crippen LogP contribution in [0.25, 0.3) is 0 Å². The van der Waals surface area contributed by atoms with Crippen molar-refractivity contribution in [3.8, 4) is 0 Å². The predicted molar refractivity (Wildman–Crippen MR) is 78.2 cm³/mol. The molecule has 0 radical (unpaired) electrons. The summed E-state index contributed by atoms with van der Waals surface area (Å²) in [5, 5.41) is 10.7. The number of hydrogen-bond donors (Lipinski definition) is 2. The molecule has 0 amide bonds. The Morgan fingerprint density at radius 2 is 1.96 bits per heavy atom. The normalized spacial score (nSPS) is 21.0. The van der Waals surface area contributed by atoms with Gasteiger partial charge in [0, 0.05) is 7.05 Å². The Labute approximate surface area is 144 Å². The van der Waals surface area contributed by atoms with Gasteiger partial charge >= 0.3 is 12.8 Å². The predicted octanol–water partition coefficient (Wildman–Crippen LogP) is 2.11. The van der Waals surface area contributed by atoms with Crippen molar-refractivity contribution in [3.63, 3.8) is 0 Å². The van der Waals surface area contributed by atoms with Gasteiger partial charge in [-0.3, -0.25) is 5.41 Å². The van der Waals surface area contributed by atoms with Crippen molar-refractivity contribution in [3.05, 3.63) is 11.5 Å². The summed E-state index contributed by atoms with van der Waals surface area (Å²) >= 11 is 0. The molecule has 1 rings (SSSR count). The topological polar surface area (TPSA) is 101 Å². The fraction of sp³-hybridized carbons (Fsp3) is 0.667. The maximum absolute atomic E-state index is 14.1. The summed E-state index contributed by atoms with van der Waals surface area (Å²) in [7, 11) is -4.01. The Hall–Kier alpha value is -1.99. The van der Waals surface area contributed by atoms with Crippen LogP contribution in [-0.2, 0) is 19.4 Å². The fourth-order valence-electron chi connectivity index (χ4n) is 1.82. The van der Waals surface area contributed by atoms with Crippen molar-refractivity contribution < 1.29 is 44.3 Å². The molecule has 0 aromatic rings. The lowest BCUT2D eigenvalue weighted by Gasteiger charge is -2.19. The Kier molecular flexibility index (Phi) is 6.21. The van der Waals surface area contributed by atoms with E-state index in [1.165, 1.54) is 0 Å². The molecule has 1 aliphatic rings. The lowest BCUT2D eigenvalue weighted by atomic mass is 10.1. The number of hydrogen-bond acceptors (Lipinski definition) is 7. The molecule has 0 saturated heterocycles. The molecule has 0 fully saturated rings. The first kappa shape index (κ1) is 22.1. The van der Waals surface area contributed by atoms with Crippen LogP contribution in [-0.4, -0.2) is 56.5 Å². The van der Waals surface area contributed by atoms with Gasteiger partial charge in [-0.2, -0.15) is 22.0 Å². The molecule has 26 heavy (non-hydrogen) atoms. The highest BCUT2D eigenvalue weighted by Gasteiger charge is 2.49. The first-order chi connectivity index (χ1) is 11.6. The molecule has 0 saturated carbocycles. The third kappa shape index (κ3) is 4.80. The Bertz CT molecular complexity index is 730. The summed E-state index contributed by atoms with van der Waals surface area (Å²) < 4.78 is 106. The zero-order valence-corrected chi connectivity index (χ0v) is 14.4. The Morgan fingerprint density at radius 1 is 1.42 bits per heavy atom. The van der Waals surface area contributed by atoms with E-state index in [4.69, 9.17) is 5.41 Å². The van der Waals surface area contributed by atoms with Crippen molar-refractivity contribution in [2.45, 2.75) is 38.4 Å². The highest BCUT2D eigenvalue weighted by molar-refractivity contribution is 8.06. The van der Waals surface area contributed by atoms with Crippen LogP contribution in [0.2, 0.25) is 0 Å². The molecule has 1 aliphatic heterocycles. The number of sulfone groups is 1. The maximum atomic E-state index is 14.1. The van der Waals surface area contributed by atoms with Gasteiger partial charge in [-0.1, -0.05) is 5.16 Å². The Balaban J connectivity index is 3.38. The maximum Gasteiger partial charge on any atom is 0.433 e. The third-order valence-corrected chi connectivity index (χ3v) is 4.73. The van der Waals surface area contributed by atoms with Gasteiger partial charge in [0.1, 0.15) is 5.71 Å². The van der Waals surface area contributed by atoms with Crippen LogP contribution in [0.4, 0.5) is 26.3 Å². The zero-order chi connectivity index (χ0) is 20.5. The first-order valence-electron chi connectivity index (χ1n) is 6.78. The van der Waals surface area contributed by atoms with Gasteiger partial charge in [-0.15, -0.1) is 0 Å². The van der Waals surface area contributed by atoms with Gasteiger partial charge < -0.3 is 14.9 Å². The van der Waals surface area contributed by atoms with E-state index >= 15 is 0 Å². The summed E-state index contributed by atoms with van der Waals surface area (Å²) in [5.41, 5.74) is -5.39. The van der Waals surface area contributed by atoms with E-state index < -0.39 is 62.4 Å². The monoisotopic (exact) mass is 411 g/mol. The molecule has 0 aromatic carbocycles. The number of rotatable bonds is 6. The molecule has 7 nitrogen and oxygen atoms in total. The van der Waals surface area contributed by atoms with Gasteiger partial charge in [-0.05, 0) is 13.8 Å². The van der Waals surface area contributed by atoms with E-state index in [9.17, 15) is 34.8 Å². The number of nitrogens with zero attached hydrogens (tertiary/aromatic N) is 1. The van der Waals surface area contributed by atoms with Crippen molar-refractivity contribution in [2.75, 3.05) is 12.8 Å². The van der Waals surface area contributed by atoms with Crippen LogP contribution < -0.4 is 5.32 Å². The minimum Gasteiger partial charge on any atom is -0.419 e. The smallest absolute Gasteiger partial charge is 0.419 e. The van der Waals surface area contributed by atoms with E-state index in [2.05, 4.69) is 14.7 Å². The van der Waals surface area contributed by atoms with Gasteiger partial charge in [0.25, 0.3) is 0 Å². The van der Waals surface area contributed by atoms with Crippen LogP contribution in [0.3, 0.4) is 0 Å². The van der Waals surface area contributed by atoms with Crippen molar-refractivity contribution >= 4 is 20.6 Å². The summed E-state index contributed by atoms with van der Waals surface area (Å²) in [4.78, 5) is 4.59. The number of halogens is 6. The highest BCUT2D eigenvalue weighted by atomic mass is 32.2. The molecular weight excluding hydrogens is 396 g/mol. The van der Waals surface area contributed by atoms with Gasteiger partial charge in [0.05, 0.1) is 11.3 Å². The molecule has 2 N–H and O–H groups in total. The molecule has 1 heterocycles. The second kappa shape index (κ2) is 7.32. The largest absolute Gasteiger partial charge is 0.433 e. The fourth-order valence-corrected chi connectivity index (χ4v) is 3.38. The average Bonchev–Trinajstić information content (AvgIpc) is 2.75. The standard InChI is InChI=1S/C12H15F6N3O4S/c1-11(2)6(13)9(21-25-11)26(22,23)4-5(7(19)12(16,17)18)8(20-3)24-10(14)15/h6,10,19-20H,4H2,1-3H3/b8-5+,19-7?. The van der Waals surface area contributed by atoms with Crippen LogP contribution in [0.5, 0.6) is 0 Å². The SMILES string of the molecule is CN/C(OC(F)F)=C(/CS(=O)(=O)C1=NOC(C)(C)C1F)C(=N)C(F)(F)F. The lowest BCUT2D eigenvalue weighted by Crippen LogP contribution is -2.40. The summed E-state index contributed by atoms with van der Waals surface area (Å²) in [6.45, 7) is -1.30. The minimum absolute atomic E-state index is 0.880. The quantitative estimate of drug-likeness (QED) is 0.396. The molecule has 0 spiro atoms. The van der Waals surface area contributed by atoms with Gasteiger partial charge in [0.15, 0.2) is 17.7 Å². The van der Waals surface area contributed by atoms with Crippen LogP contribution in [0, 0.1) is 5.41 Å². The number of oxime groups is 1.